The van der Waals surface area contributed by atoms with E-state index < -0.39 is 20.2 Å². The standard InChI is InChI=1S/C18H34O4.C5H13N2O3P/c1-14(19)16(18(3,4)15(2)20)12-10-8-6-5-7-9-11-13-17(21)22;1-9-11(8)6-7-2-4-10-5-3-7/h16-17,21-22H,5-13H2,1-4H3;6,8H,2-5H2,1H3. The quantitative estimate of drug-likeness (QED) is 0.145. The van der Waals surface area contributed by atoms with Crippen LogP contribution in [0.4, 0.5) is 0 Å². The molecule has 1 aliphatic heterocycles. The number of hydrogen-bond acceptors (Lipinski definition) is 9. The summed E-state index contributed by atoms with van der Waals surface area (Å²) < 4.78 is 9.80. The van der Waals surface area contributed by atoms with Gasteiger partial charge in [0.2, 0.25) is 0 Å². The minimum absolute atomic E-state index is 0.0822. The van der Waals surface area contributed by atoms with Crippen LogP contribution in [0.3, 0.4) is 0 Å². The summed E-state index contributed by atoms with van der Waals surface area (Å²) in [7, 11) is -0.00945. The number of nitrogens with one attached hydrogen (secondary N) is 1. The number of aliphatic hydroxyl groups excluding tert-OH is 1. The number of hydrazine groups is 1. The van der Waals surface area contributed by atoms with Crippen LogP contribution in [0.2, 0.25) is 0 Å². The average molecular weight is 495 g/mol. The van der Waals surface area contributed by atoms with E-state index in [4.69, 9.17) is 19.8 Å². The highest BCUT2D eigenvalue weighted by Crippen LogP contribution is 2.33. The molecule has 33 heavy (non-hydrogen) atoms. The molecule has 196 valence electrons. The minimum Gasteiger partial charge on any atom is -0.379 e. The summed E-state index contributed by atoms with van der Waals surface area (Å²) in [6.07, 6.45) is 7.42. The first-order valence-corrected chi connectivity index (χ1v) is 13.2. The monoisotopic (exact) mass is 494 g/mol. The van der Waals surface area contributed by atoms with E-state index in [0.717, 1.165) is 64.5 Å². The molecule has 9 nitrogen and oxygen atoms in total. The lowest BCUT2D eigenvalue weighted by molar-refractivity contribution is -0.135. The van der Waals surface area contributed by atoms with Crippen molar-refractivity contribution in [2.45, 2.75) is 91.8 Å². The summed E-state index contributed by atoms with van der Waals surface area (Å²) in [5.74, 6) is 0.0255. The Morgan fingerprint density at radius 3 is 1.91 bits per heavy atom. The van der Waals surface area contributed by atoms with E-state index in [1.807, 2.05) is 18.9 Å². The van der Waals surface area contributed by atoms with Gasteiger partial charge in [-0.2, -0.15) is 5.20 Å². The summed E-state index contributed by atoms with van der Waals surface area (Å²) in [4.78, 5) is 32.6. The first kappa shape index (κ1) is 32.5. The third-order valence-corrected chi connectivity index (χ3v) is 6.94. The van der Waals surface area contributed by atoms with E-state index in [1.165, 1.54) is 7.11 Å². The van der Waals surface area contributed by atoms with Crippen molar-refractivity contribution < 1.29 is 34.0 Å². The van der Waals surface area contributed by atoms with Gasteiger partial charge < -0.3 is 24.4 Å². The normalized spacial score (nSPS) is 16.8. The van der Waals surface area contributed by atoms with Crippen molar-refractivity contribution in [3.63, 3.8) is 0 Å². The van der Waals surface area contributed by atoms with Gasteiger partial charge in [-0.05, 0) is 33.1 Å². The zero-order valence-corrected chi connectivity index (χ0v) is 22.1. The second-order valence-electron chi connectivity index (χ2n) is 9.13. The number of carbonyl (C=O) groups is 2. The van der Waals surface area contributed by atoms with E-state index in [2.05, 4.69) is 9.72 Å². The van der Waals surface area contributed by atoms with Crippen LogP contribution in [0.5, 0.6) is 0 Å². The predicted octanol–water partition coefficient (Wildman–Crippen LogP) is 3.32. The molecule has 0 spiro atoms. The Labute approximate surface area is 201 Å². The van der Waals surface area contributed by atoms with Crippen LogP contribution >= 0.6 is 8.53 Å². The molecule has 1 rings (SSSR count). The van der Waals surface area contributed by atoms with Gasteiger partial charge >= 0.3 is 0 Å². The molecule has 1 aliphatic rings. The van der Waals surface area contributed by atoms with Gasteiger partial charge in [0.1, 0.15) is 11.6 Å². The number of aliphatic hydroxyl groups is 2. The lowest BCUT2D eigenvalue weighted by Gasteiger charge is -2.30. The maximum Gasteiger partial charge on any atom is 0.267 e. The molecular weight excluding hydrogens is 447 g/mol. The molecule has 1 saturated heterocycles. The highest BCUT2D eigenvalue weighted by atomic mass is 31.2. The predicted molar refractivity (Wildman–Crippen MR) is 130 cm³/mol. The van der Waals surface area contributed by atoms with Gasteiger partial charge in [0.05, 0.1) is 13.2 Å². The van der Waals surface area contributed by atoms with E-state index in [0.29, 0.717) is 19.6 Å². The van der Waals surface area contributed by atoms with Crippen LogP contribution in [0.15, 0.2) is 0 Å². The summed E-state index contributed by atoms with van der Waals surface area (Å²) in [6, 6.07) is 0. The summed E-state index contributed by atoms with van der Waals surface area (Å²) in [6.45, 7) is 9.91. The topological polar surface area (TPSA) is 129 Å². The summed E-state index contributed by atoms with van der Waals surface area (Å²) >= 11 is 0. The number of ether oxygens (including phenoxy) is 1. The molecule has 0 aromatic carbocycles. The Morgan fingerprint density at radius 2 is 1.48 bits per heavy atom. The molecule has 0 saturated carbocycles. The maximum atomic E-state index is 11.8. The molecule has 1 heterocycles. The SMILES string of the molecule is CC(=O)C(CCCCCCCCCC(O)O)C(C)(C)C(C)=O.COP(O)NN1CCOCC1. The second-order valence-corrected chi connectivity index (χ2v) is 10.2. The fraction of sp³-hybridized carbons (Fsp3) is 0.913. The highest BCUT2D eigenvalue weighted by Gasteiger charge is 2.36. The molecular formula is C23H47N2O7P. The van der Waals surface area contributed by atoms with Crippen LogP contribution in [0.25, 0.3) is 0 Å². The van der Waals surface area contributed by atoms with Crippen molar-refractivity contribution in [3.8, 4) is 0 Å². The second kappa shape index (κ2) is 18.8. The summed E-state index contributed by atoms with van der Waals surface area (Å²) in [5, 5.41) is 22.2. The average Bonchev–Trinajstić information content (AvgIpc) is 2.75. The Kier molecular flexibility index (Phi) is 18.5. The molecule has 2 unspecified atom stereocenters. The number of morpholine rings is 1. The van der Waals surface area contributed by atoms with Crippen molar-refractivity contribution in [1.29, 1.82) is 0 Å². The number of unbranched alkanes of at least 4 members (excludes halogenated alkanes) is 6. The smallest absolute Gasteiger partial charge is 0.267 e. The molecule has 0 amide bonds. The van der Waals surface area contributed by atoms with Gasteiger partial charge in [0.15, 0.2) is 6.29 Å². The Bertz CT molecular complexity index is 529. The van der Waals surface area contributed by atoms with E-state index >= 15 is 0 Å². The van der Waals surface area contributed by atoms with E-state index in [1.54, 1.807) is 13.8 Å². The number of nitrogens with zero attached hydrogens (tertiary/aromatic N) is 1. The highest BCUT2D eigenvalue weighted by molar-refractivity contribution is 7.43. The molecule has 0 bridgehead atoms. The van der Waals surface area contributed by atoms with Crippen LogP contribution in [0.1, 0.15) is 85.5 Å². The van der Waals surface area contributed by atoms with Gasteiger partial charge in [0.25, 0.3) is 8.53 Å². The lowest BCUT2D eigenvalue weighted by atomic mass is 9.71. The maximum absolute atomic E-state index is 11.8. The van der Waals surface area contributed by atoms with Crippen LogP contribution in [-0.4, -0.2) is 71.4 Å². The fourth-order valence-electron chi connectivity index (χ4n) is 3.70. The van der Waals surface area contributed by atoms with Gasteiger partial charge in [-0.15, -0.1) is 0 Å². The third kappa shape index (κ3) is 15.9. The number of rotatable bonds is 16. The summed E-state index contributed by atoms with van der Waals surface area (Å²) in [5.41, 5.74) is -0.559. The van der Waals surface area contributed by atoms with Crippen molar-refractivity contribution >= 4 is 20.1 Å². The largest absolute Gasteiger partial charge is 0.379 e. The molecule has 0 aromatic heterocycles. The number of ketones is 2. The van der Waals surface area contributed by atoms with Gasteiger partial charge in [-0.25, -0.2) is 5.01 Å². The first-order chi connectivity index (χ1) is 15.5. The molecule has 10 heteroatoms. The molecule has 0 aromatic rings. The van der Waals surface area contributed by atoms with Crippen LogP contribution in [0, 0.1) is 11.3 Å². The zero-order valence-electron chi connectivity index (χ0n) is 21.2. The number of carbonyl (C=O) groups excluding carboxylic acids is 2. The molecule has 0 aliphatic carbocycles. The van der Waals surface area contributed by atoms with Gasteiger partial charge in [-0.3, -0.25) is 9.59 Å². The minimum atomic E-state index is -1.48. The third-order valence-electron chi connectivity index (χ3n) is 6.14. The Morgan fingerprint density at radius 1 is 1.00 bits per heavy atom. The van der Waals surface area contributed by atoms with Crippen LogP contribution < -0.4 is 5.20 Å². The van der Waals surface area contributed by atoms with Gasteiger partial charge in [-0.1, -0.05) is 52.4 Å². The fourth-order valence-corrected chi connectivity index (χ4v) is 4.23. The molecule has 2 atom stereocenters. The molecule has 0 radical (unpaired) electrons. The van der Waals surface area contributed by atoms with Crippen molar-refractivity contribution in [2.24, 2.45) is 11.3 Å². The number of hydrogen-bond donors (Lipinski definition) is 4. The van der Waals surface area contributed by atoms with Crippen molar-refractivity contribution in [2.75, 3.05) is 33.4 Å². The molecule has 4 N–H and O–H groups in total. The van der Waals surface area contributed by atoms with Crippen molar-refractivity contribution in [1.82, 2.24) is 10.2 Å². The zero-order chi connectivity index (χ0) is 25.3. The first-order valence-electron chi connectivity index (χ1n) is 12.0. The van der Waals surface area contributed by atoms with E-state index in [9.17, 15) is 9.59 Å². The van der Waals surface area contributed by atoms with Crippen LogP contribution in [-0.2, 0) is 18.8 Å². The Hall–Kier alpha value is -0.510. The lowest BCUT2D eigenvalue weighted by Crippen LogP contribution is -2.43. The molecule has 1 fully saturated rings. The van der Waals surface area contributed by atoms with Gasteiger partial charge in [0, 0.05) is 31.5 Å². The van der Waals surface area contributed by atoms with E-state index in [-0.39, 0.29) is 17.5 Å². The number of Topliss-reactive ketones (excluding diaryl/α,β-unsaturated/α-hetero) is 2. The van der Waals surface area contributed by atoms with Crippen molar-refractivity contribution in [3.05, 3.63) is 0 Å². The Balaban J connectivity index is 0.000000771.